The minimum absolute atomic E-state index is 0.572. The maximum atomic E-state index is 4.42. The summed E-state index contributed by atoms with van der Waals surface area (Å²) in [6.07, 6.45) is 1.81. The molecular formula is C18H22N4PS+. The van der Waals surface area contributed by atoms with Crippen LogP contribution in [0.25, 0.3) is 5.57 Å². The number of benzene rings is 1. The molecular weight excluding hydrogens is 335 g/mol. The van der Waals surface area contributed by atoms with E-state index in [2.05, 4.69) is 70.6 Å². The fourth-order valence-corrected chi connectivity index (χ4v) is 4.94. The molecule has 2 aromatic heterocycles. The third-order valence-electron chi connectivity index (χ3n) is 3.87. The number of hydrogen-bond acceptors (Lipinski definition) is 4. The number of thioether (sulfide) groups is 1. The normalized spacial score (nSPS) is 11.9. The Morgan fingerprint density at radius 1 is 1.17 bits per heavy atom. The molecule has 1 unspecified atom stereocenters. The van der Waals surface area contributed by atoms with E-state index in [0.29, 0.717) is 5.92 Å². The molecule has 0 saturated heterocycles. The van der Waals surface area contributed by atoms with Gasteiger partial charge in [0.05, 0.1) is 0 Å². The third-order valence-corrected chi connectivity index (χ3v) is 6.57. The van der Waals surface area contributed by atoms with Crippen LogP contribution in [0.15, 0.2) is 53.4 Å². The largest absolute Gasteiger partial charge is 0.342 e. The highest BCUT2D eigenvalue weighted by atomic mass is 32.2. The highest BCUT2D eigenvalue weighted by molar-refractivity contribution is 7.98. The Hall–Kier alpha value is -1.71. The van der Waals surface area contributed by atoms with E-state index in [0.717, 1.165) is 23.0 Å². The van der Waals surface area contributed by atoms with Gasteiger partial charge >= 0.3 is 5.57 Å². The van der Waals surface area contributed by atoms with Crippen LogP contribution in [-0.2, 0) is 12.3 Å². The monoisotopic (exact) mass is 357 g/mol. The van der Waals surface area contributed by atoms with Gasteiger partial charge in [0.2, 0.25) is 13.5 Å². The van der Waals surface area contributed by atoms with E-state index in [1.807, 2.05) is 18.2 Å². The van der Waals surface area contributed by atoms with Gasteiger partial charge in [-0.25, -0.2) is 4.98 Å². The van der Waals surface area contributed by atoms with Crippen LogP contribution in [0.3, 0.4) is 0 Å². The minimum atomic E-state index is -0.577. The number of nitrogens with zero attached hydrogens (tertiary/aromatic N) is 4. The summed E-state index contributed by atoms with van der Waals surface area (Å²) in [6.45, 7) is 7.46. The predicted molar refractivity (Wildman–Crippen MR) is 102 cm³/mol. The molecule has 0 N–H and O–H groups in total. The van der Waals surface area contributed by atoms with Crippen LogP contribution in [0, 0.1) is 0 Å². The molecule has 0 aliphatic rings. The summed E-state index contributed by atoms with van der Waals surface area (Å²) >= 11 is 1.75. The molecule has 2 heterocycles. The van der Waals surface area contributed by atoms with Gasteiger partial charge in [-0.15, -0.1) is 5.10 Å². The summed E-state index contributed by atoms with van der Waals surface area (Å²) in [5.41, 5.74) is 3.72. The van der Waals surface area contributed by atoms with Crippen molar-refractivity contribution in [3.63, 3.8) is 0 Å². The molecule has 0 aliphatic carbocycles. The summed E-state index contributed by atoms with van der Waals surface area (Å²) in [6, 6.07) is 10.9. The van der Waals surface area contributed by atoms with E-state index in [1.54, 1.807) is 11.8 Å². The van der Waals surface area contributed by atoms with Crippen molar-refractivity contribution in [1.29, 1.82) is 0 Å². The molecule has 0 spiro atoms. The molecule has 124 valence electrons. The molecule has 0 amide bonds. The van der Waals surface area contributed by atoms with Crippen LogP contribution in [0.4, 0.5) is 0 Å². The van der Waals surface area contributed by atoms with Gasteiger partial charge in [0.1, 0.15) is 5.80 Å². The Balaban J connectivity index is 1.75. The van der Waals surface area contributed by atoms with Crippen LogP contribution in [-0.4, -0.2) is 19.7 Å². The smallest absolute Gasteiger partial charge is 0.266 e. The van der Waals surface area contributed by atoms with Crippen molar-refractivity contribution in [2.75, 3.05) is 0 Å². The van der Waals surface area contributed by atoms with Gasteiger partial charge in [-0.2, -0.15) is 0 Å². The SMILES string of the molecule is CCn1c(SCc2ccc(C(C)C)cc2)nnc1-[p+]1cccnc1. The van der Waals surface area contributed by atoms with E-state index in [-0.39, 0.29) is 0 Å². The van der Waals surface area contributed by atoms with Gasteiger partial charge in [-0.1, -0.05) is 55.0 Å². The maximum Gasteiger partial charge on any atom is 0.342 e. The van der Waals surface area contributed by atoms with Crippen molar-refractivity contribution < 1.29 is 0 Å². The first-order valence-electron chi connectivity index (χ1n) is 8.15. The zero-order valence-corrected chi connectivity index (χ0v) is 16.0. The number of hydrogen-bond donors (Lipinski definition) is 0. The first kappa shape index (κ1) is 17.1. The lowest BCUT2D eigenvalue weighted by molar-refractivity contribution is 0.693. The molecule has 0 bridgehead atoms. The average molecular weight is 357 g/mol. The molecule has 4 nitrogen and oxygen atoms in total. The fourth-order valence-electron chi connectivity index (χ4n) is 2.45. The quantitative estimate of drug-likeness (QED) is 0.557. The van der Waals surface area contributed by atoms with Crippen LogP contribution < -0.4 is 0 Å². The second kappa shape index (κ2) is 7.91. The van der Waals surface area contributed by atoms with Crippen molar-refractivity contribution in [3.05, 3.63) is 59.4 Å². The summed E-state index contributed by atoms with van der Waals surface area (Å²) in [5.74, 6) is 5.62. The van der Waals surface area contributed by atoms with Gasteiger partial charge < -0.3 is 0 Å². The lowest BCUT2D eigenvalue weighted by Crippen LogP contribution is -1.97. The Morgan fingerprint density at radius 3 is 2.58 bits per heavy atom. The van der Waals surface area contributed by atoms with Gasteiger partial charge in [-0.05, 0) is 30.0 Å². The van der Waals surface area contributed by atoms with Gasteiger partial charge in [0.15, 0.2) is 5.16 Å². The van der Waals surface area contributed by atoms with Crippen molar-refractivity contribution in [2.24, 2.45) is 0 Å². The molecule has 0 radical (unpaired) electrons. The first-order valence-corrected chi connectivity index (χ1v) is 10.6. The number of rotatable bonds is 6. The molecule has 0 aliphatic heterocycles. The Kier molecular flexibility index (Phi) is 5.64. The predicted octanol–water partition coefficient (Wildman–Crippen LogP) is 5.37. The van der Waals surface area contributed by atoms with Gasteiger partial charge in [-0.3, -0.25) is 4.57 Å². The Labute approximate surface area is 148 Å². The molecule has 3 aromatic rings. The maximum absolute atomic E-state index is 4.42. The summed E-state index contributed by atoms with van der Waals surface area (Å²) < 4.78 is 2.21. The zero-order valence-electron chi connectivity index (χ0n) is 14.3. The first-order chi connectivity index (χ1) is 11.7. The molecule has 6 heteroatoms. The van der Waals surface area contributed by atoms with E-state index in [1.165, 1.54) is 11.1 Å². The van der Waals surface area contributed by atoms with Crippen LogP contribution in [0.5, 0.6) is 0 Å². The van der Waals surface area contributed by atoms with Crippen LogP contribution in [0.2, 0.25) is 0 Å². The third kappa shape index (κ3) is 3.85. The molecule has 0 saturated carbocycles. The second-order valence-corrected chi connectivity index (χ2v) is 8.56. The van der Waals surface area contributed by atoms with E-state index < -0.39 is 7.53 Å². The van der Waals surface area contributed by atoms with E-state index in [9.17, 15) is 0 Å². The van der Waals surface area contributed by atoms with Crippen LogP contribution in [0.1, 0.15) is 37.8 Å². The lowest BCUT2D eigenvalue weighted by atomic mass is 10.0. The summed E-state index contributed by atoms with van der Waals surface area (Å²) in [5, 5.41) is 9.82. The van der Waals surface area contributed by atoms with Crippen molar-refractivity contribution in [1.82, 2.24) is 19.7 Å². The highest BCUT2D eigenvalue weighted by Crippen LogP contribution is 2.37. The molecule has 1 atom stereocenters. The number of aromatic nitrogens is 4. The van der Waals surface area contributed by atoms with Crippen molar-refractivity contribution >= 4 is 19.3 Å². The zero-order chi connectivity index (χ0) is 16.9. The highest BCUT2D eigenvalue weighted by Gasteiger charge is 2.21. The summed E-state index contributed by atoms with van der Waals surface area (Å²) in [4.78, 5) is 4.24. The Morgan fingerprint density at radius 2 is 1.96 bits per heavy atom. The molecule has 24 heavy (non-hydrogen) atoms. The van der Waals surface area contributed by atoms with Crippen LogP contribution >= 0.6 is 19.3 Å². The second-order valence-electron chi connectivity index (χ2n) is 5.87. The Bertz CT molecular complexity index is 785. The minimum Gasteiger partial charge on any atom is -0.266 e. The lowest BCUT2D eigenvalue weighted by Gasteiger charge is -2.07. The van der Waals surface area contributed by atoms with Crippen molar-refractivity contribution in [3.8, 4) is 5.57 Å². The molecule has 0 fully saturated rings. The topological polar surface area (TPSA) is 43.6 Å². The van der Waals surface area contributed by atoms with E-state index >= 15 is 0 Å². The molecule has 3 rings (SSSR count). The average Bonchev–Trinajstić information content (AvgIpc) is 3.04. The van der Waals surface area contributed by atoms with Gasteiger partial charge in [0, 0.05) is 18.5 Å². The van der Waals surface area contributed by atoms with Crippen molar-refractivity contribution in [2.45, 2.75) is 44.1 Å². The standard InChI is InChI=1S/C18H22N4PS/c1-4-22-17(23-11-5-10-19-13-23)20-21-18(22)24-12-15-6-8-16(9-7-15)14(2)3/h5-11,13-14H,4,12H2,1-3H3/q+1. The molecule has 1 aromatic carbocycles. The fraction of sp³-hybridized carbons (Fsp3) is 0.333. The van der Waals surface area contributed by atoms with E-state index in [4.69, 9.17) is 0 Å². The van der Waals surface area contributed by atoms with Gasteiger partial charge in [0.25, 0.3) is 0 Å². The summed E-state index contributed by atoms with van der Waals surface area (Å²) in [7, 11) is -0.577.